The molecule has 0 spiro atoms. The maximum absolute atomic E-state index is 17.2. The molecule has 0 aliphatic carbocycles. The number of carbonyl (C=O) groups excluding carboxylic acids is 1. The molecule has 5 heterocycles. The first-order valence-electron chi connectivity index (χ1n) is 16.9. The second-order valence-corrected chi connectivity index (χ2v) is 14.7. The number of likely N-dealkylation sites (tertiary alicyclic amines) is 1. The number of carbonyl (C=O) groups is 1. The molecule has 4 aromatic rings. The van der Waals surface area contributed by atoms with Crippen molar-refractivity contribution >= 4 is 49.1 Å². The number of fused-ring (bicyclic) bond motifs is 3. The number of thiophene rings is 1. The summed E-state index contributed by atoms with van der Waals surface area (Å²) in [5.41, 5.74) is 1.85. The third-order valence-electron chi connectivity index (χ3n) is 10.8. The molecular formula is C36H35F6N7O2S. The van der Waals surface area contributed by atoms with Gasteiger partial charge in [0.1, 0.15) is 41.0 Å². The van der Waals surface area contributed by atoms with E-state index in [1.807, 2.05) is 17.9 Å². The number of alkyl halides is 4. The van der Waals surface area contributed by atoms with Crippen LogP contribution in [0.1, 0.15) is 50.7 Å². The van der Waals surface area contributed by atoms with Gasteiger partial charge in [-0.25, -0.2) is 13.2 Å². The maximum Gasteiger partial charge on any atom is 0.417 e. The molecule has 274 valence electrons. The third kappa shape index (κ3) is 5.78. The predicted molar refractivity (Wildman–Crippen MR) is 186 cm³/mol. The highest BCUT2D eigenvalue weighted by Gasteiger charge is 2.49. The van der Waals surface area contributed by atoms with Crippen LogP contribution >= 0.6 is 11.3 Å². The number of nitriles is 1. The number of hydrogen-bond acceptors (Lipinski definition) is 9. The van der Waals surface area contributed by atoms with Gasteiger partial charge in [0, 0.05) is 48.9 Å². The Balaban J connectivity index is 1.44. The largest absolute Gasteiger partial charge is 0.461 e. The Morgan fingerprint density at radius 3 is 2.75 bits per heavy atom. The van der Waals surface area contributed by atoms with Gasteiger partial charge in [0.25, 0.3) is 0 Å². The predicted octanol–water partition coefficient (Wildman–Crippen LogP) is 7.22. The van der Waals surface area contributed by atoms with Crippen LogP contribution in [0.3, 0.4) is 0 Å². The minimum atomic E-state index is -5.13. The smallest absolute Gasteiger partial charge is 0.417 e. The molecule has 0 radical (unpaired) electrons. The molecule has 3 fully saturated rings. The molecule has 9 nitrogen and oxygen atoms in total. The first kappa shape index (κ1) is 35.8. The van der Waals surface area contributed by atoms with E-state index in [0.717, 1.165) is 24.6 Å². The van der Waals surface area contributed by atoms with Crippen molar-refractivity contribution in [2.75, 3.05) is 43.9 Å². The number of nitrogens with zero attached hydrogens (tertiary/aromatic N) is 6. The fourth-order valence-corrected chi connectivity index (χ4v) is 9.26. The second-order valence-electron chi connectivity index (χ2n) is 13.7. The molecule has 3 saturated heterocycles. The van der Waals surface area contributed by atoms with Crippen LogP contribution in [0.2, 0.25) is 0 Å². The summed E-state index contributed by atoms with van der Waals surface area (Å²) in [5, 5.41) is 9.20. The lowest BCUT2D eigenvalue weighted by Gasteiger charge is -2.33. The topological polar surface area (TPSA) is 112 Å². The number of benzene rings is 2. The van der Waals surface area contributed by atoms with E-state index < -0.39 is 58.2 Å². The number of likely N-dealkylation sites (N-methyl/N-ethyl adjacent to an activating group) is 1. The Morgan fingerprint density at radius 1 is 1.27 bits per heavy atom. The van der Waals surface area contributed by atoms with Crippen LogP contribution in [0.15, 0.2) is 30.4 Å². The monoisotopic (exact) mass is 743 g/mol. The van der Waals surface area contributed by atoms with Gasteiger partial charge in [-0.3, -0.25) is 9.69 Å². The molecule has 2 aromatic carbocycles. The van der Waals surface area contributed by atoms with Gasteiger partial charge in [0.2, 0.25) is 5.91 Å². The van der Waals surface area contributed by atoms with Crippen molar-refractivity contribution in [3.63, 3.8) is 0 Å². The zero-order chi connectivity index (χ0) is 37.3. The van der Waals surface area contributed by atoms with E-state index >= 15 is 17.6 Å². The van der Waals surface area contributed by atoms with Gasteiger partial charge in [-0.2, -0.15) is 28.4 Å². The number of rotatable bonds is 7. The molecule has 3 aliphatic heterocycles. The van der Waals surface area contributed by atoms with Crippen molar-refractivity contribution in [1.29, 1.82) is 5.26 Å². The van der Waals surface area contributed by atoms with E-state index in [2.05, 4.69) is 9.97 Å². The lowest BCUT2D eigenvalue weighted by molar-refractivity contribution is -0.137. The van der Waals surface area contributed by atoms with Crippen LogP contribution in [0.4, 0.5) is 37.2 Å². The number of anilines is 2. The highest BCUT2D eigenvalue weighted by atomic mass is 32.1. The third-order valence-corrected chi connectivity index (χ3v) is 11.8. The van der Waals surface area contributed by atoms with Gasteiger partial charge in [-0.05, 0) is 63.4 Å². The molecule has 4 atom stereocenters. The van der Waals surface area contributed by atoms with Crippen LogP contribution < -0.4 is 15.4 Å². The summed E-state index contributed by atoms with van der Waals surface area (Å²) in [7, 11) is 1.61. The van der Waals surface area contributed by atoms with Gasteiger partial charge in [-0.1, -0.05) is 12.1 Å². The number of halogens is 6. The van der Waals surface area contributed by atoms with E-state index in [1.54, 1.807) is 29.8 Å². The van der Waals surface area contributed by atoms with E-state index in [9.17, 15) is 18.8 Å². The minimum Gasteiger partial charge on any atom is -0.461 e. The van der Waals surface area contributed by atoms with E-state index in [0.29, 0.717) is 37.3 Å². The lowest BCUT2D eigenvalue weighted by Crippen LogP contribution is -2.44. The molecule has 4 unspecified atom stereocenters. The van der Waals surface area contributed by atoms with Crippen LogP contribution in [-0.4, -0.2) is 82.8 Å². The molecule has 0 bridgehead atoms. The van der Waals surface area contributed by atoms with E-state index in [4.69, 9.17) is 10.5 Å². The number of hydrogen-bond donors (Lipinski definition) is 1. The van der Waals surface area contributed by atoms with E-state index in [1.165, 1.54) is 6.08 Å². The SMILES string of the molecule is C/C=C/C(=O)N1CCC(N(C)c2nc(OCC34CCCN3CC(F)C4)nc3c(F)c(-c4ccc(F)c5sc(N)c(C#N)c45)c(C(F)(F)F)cc23)C1C. The Bertz CT molecular complexity index is 2170. The summed E-state index contributed by atoms with van der Waals surface area (Å²) in [6.45, 7) is 4.80. The standard InChI is InChI=1S/C36H35F6N7O2S/c1-4-6-26(50)49-12-9-25(18(49)2)47(3)33-21-13-23(36(40,41)42)28(20-7-8-24(38)31-27(20)22(15-43)32(44)52-31)29(39)30(21)45-34(46-33)51-17-35-10-5-11-48(35)16-19(37)14-35/h4,6-8,13,18-19,25H,5,9-12,14,16-17,44H2,1-3H3/b6-4+. The zero-order valence-electron chi connectivity index (χ0n) is 28.5. The summed E-state index contributed by atoms with van der Waals surface area (Å²) >= 11 is 0.677. The Kier molecular flexibility index (Phi) is 9.01. The minimum absolute atomic E-state index is 0.0268. The quantitative estimate of drug-likeness (QED) is 0.156. The molecular weight excluding hydrogens is 708 g/mol. The van der Waals surface area contributed by atoms with Crippen molar-refractivity contribution in [3.8, 4) is 23.2 Å². The molecule has 1 amide bonds. The molecule has 3 aliphatic rings. The molecule has 16 heteroatoms. The molecule has 0 saturated carbocycles. The Labute approximate surface area is 299 Å². The van der Waals surface area contributed by atoms with Crippen molar-refractivity contribution < 1.29 is 35.9 Å². The normalized spacial score (nSPS) is 23.6. The summed E-state index contributed by atoms with van der Waals surface area (Å²) in [5.74, 6) is -2.51. The Hall–Kier alpha value is -4.62. The number of nitrogen functional groups attached to an aromatic ring is 1. The summed E-state index contributed by atoms with van der Waals surface area (Å²) in [4.78, 5) is 27.0. The van der Waals surface area contributed by atoms with Gasteiger partial charge < -0.3 is 20.3 Å². The summed E-state index contributed by atoms with van der Waals surface area (Å²) in [6, 6.07) is 3.31. The first-order chi connectivity index (χ1) is 24.7. The average Bonchev–Trinajstić information content (AvgIpc) is 3.84. The van der Waals surface area contributed by atoms with Gasteiger partial charge in [-0.15, -0.1) is 11.3 Å². The molecule has 2 N–H and O–H groups in total. The summed E-state index contributed by atoms with van der Waals surface area (Å²) < 4.78 is 97.8. The fraction of sp³-hybridized carbons (Fsp3) is 0.444. The molecule has 52 heavy (non-hydrogen) atoms. The van der Waals surface area contributed by atoms with Crippen LogP contribution in [0.25, 0.3) is 32.1 Å². The highest BCUT2D eigenvalue weighted by molar-refractivity contribution is 7.23. The average molecular weight is 744 g/mol. The second kappa shape index (κ2) is 13.1. The van der Waals surface area contributed by atoms with E-state index in [-0.39, 0.29) is 68.9 Å². The van der Waals surface area contributed by atoms with Crippen LogP contribution in [-0.2, 0) is 11.0 Å². The zero-order valence-corrected chi connectivity index (χ0v) is 29.3. The van der Waals surface area contributed by atoms with Crippen LogP contribution in [0.5, 0.6) is 6.01 Å². The maximum atomic E-state index is 17.2. The van der Waals surface area contributed by atoms with Gasteiger partial charge in [0.05, 0.1) is 27.4 Å². The van der Waals surface area contributed by atoms with Gasteiger partial charge in [0.15, 0.2) is 5.82 Å². The van der Waals surface area contributed by atoms with Crippen molar-refractivity contribution in [2.45, 2.75) is 69.5 Å². The first-order valence-corrected chi connectivity index (χ1v) is 17.7. The van der Waals surface area contributed by atoms with Gasteiger partial charge >= 0.3 is 12.2 Å². The highest BCUT2D eigenvalue weighted by Crippen LogP contribution is 2.48. The molecule has 7 rings (SSSR count). The van der Waals surface area contributed by atoms with Crippen molar-refractivity contribution in [1.82, 2.24) is 19.8 Å². The Morgan fingerprint density at radius 2 is 2.04 bits per heavy atom. The van der Waals surface area contributed by atoms with Crippen LogP contribution in [0, 0.1) is 23.0 Å². The van der Waals surface area contributed by atoms with Crippen molar-refractivity contribution in [2.24, 2.45) is 0 Å². The number of amides is 1. The fourth-order valence-electron chi connectivity index (χ4n) is 8.32. The summed E-state index contributed by atoms with van der Waals surface area (Å²) in [6.07, 6.45) is -0.993. The van der Waals surface area contributed by atoms with Crippen molar-refractivity contribution in [3.05, 3.63) is 53.1 Å². The number of allylic oxidation sites excluding steroid dienone is 1. The lowest BCUT2D eigenvalue weighted by atomic mass is 9.92. The number of ether oxygens (including phenoxy) is 1. The molecule has 2 aromatic heterocycles. The number of nitrogens with two attached hydrogens (primary N) is 1. The number of aromatic nitrogens is 2.